The Labute approximate surface area is 152 Å². The van der Waals surface area contributed by atoms with Crippen molar-refractivity contribution in [2.24, 2.45) is 0 Å². The number of halogens is 2. The second-order valence-electron chi connectivity index (χ2n) is 6.00. The lowest BCUT2D eigenvalue weighted by molar-refractivity contribution is 0.192. The fraction of sp³-hybridized carbons (Fsp3) is 0.130. The maximum atomic E-state index is 14.6. The number of ether oxygens (including phenoxy) is 1. The Balaban J connectivity index is 1.81. The highest BCUT2D eigenvalue weighted by Gasteiger charge is 2.08. The Bertz CT molecular complexity index is 868. The molecule has 3 rings (SSSR count). The highest BCUT2D eigenvalue weighted by atomic mass is 19.1. The van der Waals surface area contributed by atoms with Crippen LogP contribution in [-0.4, -0.2) is 6.86 Å². The summed E-state index contributed by atoms with van der Waals surface area (Å²) in [6.45, 7) is 2.85. The second kappa shape index (κ2) is 8.43. The molecule has 0 aliphatic heterocycles. The topological polar surface area (TPSA) is 9.23 Å². The molecule has 132 valence electrons. The van der Waals surface area contributed by atoms with E-state index in [0.29, 0.717) is 11.3 Å². The minimum absolute atomic E-state index is 0.294. The van der Waals surface area contributed by atoms with Gasteiger partial charge in [-0.05, 0) is 53.3 Å². The van der Waals surface area contributed by atoms with Crippen molar-refractivity contribution in [3.8, 4) is 28.0 Å². The molecular weight excluding hydrogens is 330 g/mol. The molecule has 0 aromatic heterocycles. The molecule has 3 heteroatoms. The lowest BCUT2D eigenvalue weighted by atomic mass is 9.98. The van der Waals surface area contributed by atoms with Gasteiger partial charge in [-0.25, -0.2) is 8.78 Å². The van der Waals surface area contributed by atoms with Gasteiger partial charge in [0, 0.05) is 5.56 Å². The first-order chi connectivity index (χ1) is 12.7. The number of alkyl halides is 1. The van der Waals surface area contributed by atoms with E-state index in [-0.39, 0.29) is 5.82 Å². The molecule has 0 spiro atoms. The first-order valence-corrected chi connectivity index (χ1v) is 8.50. The first-order valence-electron chi connectivity index (χ1n) is 8.50. The average Bonchev–Trinajstić information content (AvgIpc) is 2.68. The van der Waals surface area contributed by atoms with Crippen molar-refractivity contribution in [1.29, 1.82) is 0 Å². The van der Waals surface area contributed by atoms with Gasteiger partial charge >= 0.3 is 0 Å². The summed E-state index contributed by atoms with van der Waals surface area (Å²) in [6, 6.07) is 20.1. The Morgan fingerprint density at radius 2 is 1.50 bits per heavy atom. The van der Waals surface area contributed by atoms with Crippen LogP contribution in [0.25, 0.3) is 22.3 Å². The molecule has 3 aromatic carbocycles. The molecule has 0 saturated heterocycles. The van der Waals surface area contributed by atoms with E-state index < -0.39 is 6.86 Å². The summed E-state index contributed by atoms with van der Waals surface area (Å²) in [4.78, 5) is 0. The van der Waals surface area contributed by atoms with Crippen molar-refractivity contribution < 1.29 is 13.5 Å². The first kappa shape index (κ1) is 17.9. The van der Waals surface area contributed by atoms with E-state index in [2.05, 4.69) is 18.7 Å². The van der Waals surface area contributed by atoms with E-state index in [9.17, 15) is 8.78 Å². The molecule has 0 fully saturated rings. The van der Waals surface area contributed by atoms with Gasteiger partial charge in [0.05, 0.1) is 0 Å². The molecule has 26 heavy (non-hydrogen) atoms. The average molecular weight is 350 g/mol. The van der Waals surface area contributed by atoms with Crippen molar-refractivity contribution in [2.45, 2.75) is 12.8 Å². The SMILES string of the molecule is C=CCCc1ccc(-c2ccc(-c3ccc(OCF)cc3)c(F)c2)cc1. The van der Waals surface area contributed by atoms with E-state index in [1.807, 2.05) is 24.3 Å². The van der Waals surface area contributed by atoms with Crippen LogP contribution < -0.4 is 4.74 Å². The molecule has 0 heterocycles. The third-order valence-corrected chi connectivity index (χ3v) is 4.28. The van der Waals surface area contributed by atoms with Crippen LogP contribution in [0.3, 0.4) is 0 Å². The van der Waals surface area contributed by atoms with E-state index >= 15 is 0 Å². The molecule has 0 aliphatic rings. The number of rotatable bonds is 7. The van der Waals surface area contributed by atoms with Gasteiger partial charge in [0.1, 0.15) is 11.6 Å². The molecule has 3 aromatic rings. The predicted molar refractivity (Wildman–Crippen MR) is 102 cm³/mol. The van der Waals surface area contributed by atoms with E-state index in [1.165, 1.54) is 5.56 Å². The van der Waals surface area contributed by atoms with Gasteiger partial charge in [-0.1, -0.05) is 54.6 Å². The number of hydrogen-bond acceptors (Lipinski definition) is 1. The van der Waals surface area contributed by atoms with Crippen LogP contribution in [0.5, 0.6) is 5.75 Å². The quantitative estimate of drug-likeness (QED) is 0.437. The summed E-state index contributed by atoms with van der Waals surface area (Å²) in [5.41, 5.74) is 4.27. The lowest BCUT2D eigenvalue weighted by Gasteiger charge is -2.09. The molecule has 0 unspecified atom stereocenters. The Morgan fingerprint density at radius 3 is 2.12 bits per heavy atom. The van der Waals surface area contributed by atoms with Gasteiger partial charge in [-0.15, -0.1) is 6.58 Å². The maximum Gasteiger partial charge on any atom is 0.228 e. The number of benzene rings is 3. The van der Waals surface area contributed by atoms with Crippen molar-refractivity contribution in [1.82, 2.24) is 0 Å². The minimum Gasteiger partial charge on any atom is -0.463 e. The summed E-state index contributed by atoms with van der Waals surface area (Å²) in [5.74, 6) is 0.127. The van der Waals surface area contributed by atoms with Crippen LogP contribution in [0.1, 0.15) is 12.0 Å². The second-order valence-corrected chi connectivity index (χ2v) is 6.00. The van der Waals surface area contributed by atoms with E-state index in [4.69, 9.17) is 4.74 Å². The Morgan fingerprint density at radius 1 is 0.846 bits per heavy atom. The van der Waals surface area contributed by atoms with Gasteiger partial charge in [0.15, 0.2) is 0 Å². The van der Waals surface area contributed by atoms with Crippen LogP contribution >= 0.6 is 0 Å². The molecule has 1 nitrogen and oxygen atoms in total. The van der Waals surface area contributed by atoms with Crippen molar-refractivity contribution in [2.75, 3.05) is 6.86 Å². The smallest absolute Gasteiger partial charge is 0.228 e. The van der Waals surface area contributed by atoms with Crippen LogP contribution in [-0.2, 0) is 6.42 Å². The number of aryl methyl sites for hydroxylation is 1. The van der Waals surface area contributed by atoms with Crippen LogP contribution in [0.4, 0.5) is 8.78 Å². The molecule has 0 aliphatic carbocycles. The summed E-state index contributed by atoms with van der Waals surface area (Å²) in [6.07, 6.45) is 3.80. The third kappa shape index (κ3) is 4.17. The zero-order valence-electron chi connectivity index (χ0n) is 14.4. The summed E-state index contributed by atoms with van der Waals surface area (Å²) < 4.78 is 31.6. The number of hydrogen-bond donors (Lipinski definition) is 0. The van der Waals surface area contributed by atoms with Gasteiger partial charge in [-0.3, -0.25) is 0 Å². The molecule has 0 saturated carbocycles. The third-order valence-electron chi connectivity index (χ3n) is 4.28. The molecule has 0 bridgehead atoms. The fourth-order valence-corrected chi connectivity index (χ4v) is 2.86. The zero-order valence-corrected chi connectivity index (χ0v) is 14.4. The summed E-state index contributed by atoms with van der Waals surface area (Å²) in [5, 5.41) is 0. The zero-order chi connectivity index (χ0) is 18.4. The van der Waals surface area contributed by atoms with E-state index in [0.717, 1.165) is 29.5 Å². The van der Waals surface area contributed by atoms with Crippen LogP contribution in [0.15, 0.2) is 79.4 Å². The molecule has 0 amide bonds. The van der Waals surface area contributed by atoms with Crippen LogP contribution in [0.2, 0.25) is 0 Å². The monoisotopic (exact) mass is 350 g/mol. The van der Waals surface area contributed by atoms with Gasteiger partial charge in [-0.2, -0.15) is 0 Å². The largest absolute Gasteiger partial charge is 0.463 e. The predicted octanol–water partition coefficient (Wildman–Crippen LogP) is 6.58. The normalized spacial score (nSPS) is 10.5. The molecule has 0 N–H and O–H groups in total. The molecule has 0 radical (unpaired) electrons. The highest BCUT2D eigenvalue weighted by molar-refractivity contribution is 5.71. The standard InChI is InChI=1S/C23H20F2O/c1-2-3-4-17-5-7-18(8-6-17)20-11-14-22(23(25)15-20)19-9-12-21(13-10-19)26-16-24/h2,5-15H,1,3-4,16H2. The van der Waals surface area contributed by atoms with Crippen LogP contribution in [0, 0.1) is 5.82 Å². The van der Waals surface area contributed by atoms with E-state index in [1.54, 1.807) is 36.4 Å². The minimum atomic E-state index is -0.880. The maximum absolute atomic E-state index is 14.6. The summed E-state index contributed by atoms with van der Waals surface area (Å²) >= 11 is 0. The molecule has 0 atom stereocenters. The van der Waals surface area contributed by atoms with Crippen molar-refractivity contribution in [3.63, 3.8) is 0 Å². The van der Waals surface area contributed by atoms with Crippen molar-refractivity contribution >= 4 is 0 Å². The molecular formula is C23H20F2O. The van der Waals surface area contributed by atoms with Gasteiger partial charge in [0.25, 0.3) is 0 Å². The van der Waals surface area contributed by atoms with Crippen molar-refractivity contribution in [3.05, 3.63) is 90.8 Å². The lowest BCUT2D eigenvalue weighted by Crippen LogP contribution is -1.90. The Hall–Kier alpha value is -2.94. The Kier molecular flexibility index (Phi) is 5.80. The van der Waals surface area contributed by atoms with Gasteiger partial charge < -0.3 is 4.74 Å². The highest BCUT2D eigenvalue weighted by Crippen LogP contribution is 2.29. The summed E-state index contributed by atoms with van der Waals surface area (Å²) in [7, 11) is 0. The fourth-order valence-electron chi connectivity index (χ4n) is 2.86. The van der Waals surface area contributed by atoms with Gasteiger partial charge in [0.2, 0.25) is 6.86 Å². The number of allylic oxidation sites excluding steroid dienone is 1.